The molecular weight excluding hydrogens is 457 g/mol. The number of halogens is 3. The van der Waals surface area contributed by atoms with E-state index in [1.807, 2.05) is 0 Å². The highest BCUT2D eigenvalue weighted by molar-refractivity contribution is 7.89. The Labute approximate surface area is 189 Å². The van der Waals surface area contributed by atoms with Gasteiger partial charge >= 0.3 is 0 Å². The molecule has 3 aromatic carbocycles. The molecule has 0 fully saturated rings. The van der Waals surface area contributed by atoms with Crippen LogP contribution >= 0.6 is 0 Å². The molecule has 0 aromatic heterocycles. The number of sulfonamides is 1. The van der Waals surface area contributed by atoms with Crippen LogP contribution in [0.1, 0.15) is 12.5 Å². The van der Waals surface area contributed by atoms with Gasteiger partial charge in [-0.1, -0.05) is 30.3 Å². The predicted molar refractivity (Wildman–Crippen MR) is 117 cm³/mol. The second kappa shape index (κ2) is 10.5. The third-order valence-electron chi connectivity index (χ3n) is 4.63. The molecule has 0 aliphatic carbocycles. The molecule has 0 bridgehead atoms. The number of hydrogen-bond donors (Lipinski definition) is 2. The van der Waals surface area contributed by atoms with E-state index in [2.05, 4.69) is 10.0 Å². The van der Waals surface area contributed by atoms with E-state index in [1.54, 1.807) is 37.3 Å². The quantitative estimate of drug-likeness (QED) is 0.455. The molecule has 1 amide bonds. The Hall–Kier alpha value is -3.37. The van der Waals surface area contributed by atoms with E-state index in [9.17, 15) is 26.4 Å². The summed E-state index contributed by atoms with van der Waals surface area (Å²) in [4.78, 5) is 12.8. The Kier molecular flexibility index (Phi) is 7.72. The molecule has 0 spiro atoms. The highest BCUT2D eigenvalue weighted by Crippen LogP contribution is 2.21. The van der Waals surface area contributed by atoms with Gasteiger partial charge in [0.05, 0.1) is 17.2 Å². The summed E-state index contributed by atoms with van der Waals surface area (Å²) in [6, 6.07) is 14.3. The number of rotatable bonds is 9. The van der Waals surface area contributed by atoms with Crippen molar-refractivity contribution in [2.75, 3.05) is 11.9 Å². The van der Waals surface area contributed by atoms with E-state index < -0.39 is 45.1 Å². The molecule has 10 heteroatoms. The molecule has 0 saturated carbocycles. The monoisotopic (exact) mass is 478 g/mol. The third kappa shape index (κ3) is 6.11. The molecule has 3 rings (SSSR count). The Balaban J connectivity index is 1.87. The largest absolute Gasteiger partial charge is 0.494 e. The smallest absolute Gasteiger partial charge is 0.242 e. The molecule has 0 aliphatic rings. The van der Waals surface area contributed by atoms with E-state index in [0.29, 0.717) is 24.0 Å². The average molecular weight is 478 g/mol. The normalized spacial score (nSPS) is 12.2. The summed E-state index contributed by atoms with van der Waals surface area (Å²) in [5, 5.41) is 2.13. The fraction of sp³-hybridized carbons (Fsp3) is 0.174. The van der Waals surface area contributed by atoms with Crippen LogP contribution in [0.4, 0.5) is 18.9 Å². The molecule has 1 unspecified atom stereocenters. The Morgan fingerprint density at radius 3 is 2.24 bits per heavy atom. The van der Waals surface area contributed by atoms with Gasteiger partial charge in [0.25, 0.3) is 0 Å². The van der Waals surface area contributed by atoms with Crippen molar-refractivity contribution in [1.29, 1.82) is 0 Å². The van der Waals surface area contributed by atoms with Crippen molar-refractivity contribution in [3.63, 3.8) is 0 Å². The Bertz CT molecular complexity index is 1220. The number of amides is 1. The van der Waals surface area contributed by atoms with Gasteiger partial charge in [0.1, 0.15) is 11.8 Å². The first-order chi connectivity index (χ1) is 15.7. The molecule has 0 radical (unpaired) electrons. The van der Waals surface area contributed by atoms with Crippen LogP contribution in [-0.4, -0.2) is 27.0 Å². The molecule has 0 saturated heterocycles. The number of anilines is 1. The van der Waals surface area contributed by atoms with Crippen molar-refractivity contribution in [3.05, 3.63) is 89.7 Å². The maximum absolute atomic E-state index is 14.0. The predicted octanol–water partition coefficient (Wildman–Crippen LogP) is 4.03. The van der Waals surface area contributed by atoms with Crippen LogP contribution in [0.3, 0.4) is 0 Å². The van der Waals surface area contributed by atoms with Gasteiger partial charge in [-0.2, -0.15) is 4.72 Å². The summed E-state index contributed by atoms with van der Waals surface area (Å²) in [6.07, 6.45) is -0.0752. The summed E-state index contributed by atoms with van der Waals surface area (Å²) >= 11 is 0. The first-order valence-corrected chi connectivity index (χ1v) is 11.4. The Morgan fingerprint density at radius 2 is 1.61 bits per heavy atom. The topological polar surface area (TPSA) is 84.5 Å². The maximum Gasteiger partial charge on any atom is 0.242 e. The molecule has 174 valence electrons. The van der Waals surface area contributed by atoms with E-state index in [1.165, 1.54) is 24.3 Å². The van der Waals surface area contributed by atoms with E-state index in [4.69, 9.17) is 4.74 Å². The maximum atomic E-state index is 14.0. The van der Waals surface area contributed by atoms with Gasteiger partial charge in [0.2, 0.25) is 15.9 Å². The molecule has 6 nitrogen and oxygen atoms in total. The van der Waals surface area contributed by atoms with Crippen LogP contribution in [-0.2, 0) is 21.2 Å². The van der Waals surface area contributed by atoms with Crippen molar-refractivity contribution < 1.29 is 31.1 Å². The third-order valence-corrected chi connectivity index (χ3v) is 6.12. The van der Waals surface area contributed by atoms with Crippen LogP contribution in [0.5, 0.6) is 5.75 Å². The minimum Gasteiger partial charge on any atom is -0.494 e. The summed E-state index contributed by atoms with van der Waals surface area (Å²) in [5.74, 6) is -5.22. The first kappa shape index (κ1) is 24.3. The number of hydrogen-bond acceptors (Lipinski definition) is 4. The second-order valence-electron chi connectivity index (χ2n) is 6.98. The number of benzene rings is 3. The van der Waals surface area contributed by atoms with E-state index in [-0.39, 0.29) is 11.3 Å². The van der Waals surface area contributed by atoms with Gasteiger partial charge < -0.3 is 10.1 Å². The van der Waals surface area contributed by atoms with Gasteiger partial charge in [0.15, 0.2) is 17.5 Å². The average Bonchev–Trinajstić information content (AvgIpc) is 2.80. The molecule has 1 atom stereocenters. The lowest BCUT2D eigenvalue weighted by Gasteiger charge is -2.19. The lowest BCUT2D eigenvalue weighted by atomic mass is 10.1. The lowest BCUT2D eigenvalue weighted by Crippen LogP contribution is -2.45. The highest BCUT2D eigenvalue weighted by Gasteiger charge is 2.27. The van der Waals surface area contributed by atoms with Crippen molar-refractivity contribution in [1.82, 2.24) is 4.72 Å². The fourth-order valence-electron chi connectivity index (χ4n) is 3.02. The number of ether oxygens (including phenoxy) is 1. The summed E-state index contributed by atoms with van der Waals surface area (Å²) < 4.78 is 74.2. The number of carbonyl (C=O) groups excluding carboxylic acids is 1. The highest BCUT2D eigenvalue weighted by atomic mass is 32.2. The molecule has 33 heavy (non-hydrogen) atoms. The molecule has 0 aliphatic heterocycles. The van der Waals surface area contributed by atoms with Crippen molar-refractivity contribution in [2.45, 2.75) is 24.3 Å². The zero-order valence-corrected chi connectivity index (χ0v) is 18.3. The van der Waals surface area contributed by atoms with E-state index >= 15 is 0 Å². The molecular formula is C23H21F3N2O4S. The lowest BCUT2D eigenvalue weighted by molar-refractivity contribution is -0.117. The van der Waals surface area contributed by atoms with Gasteiger partial charge in [-0.15, -0.1) is 0 Å². The van der Waals surface area contributed by atoms with Crippen LogP contribution in [0.15, 0.2) is 71.6 Å². The fourth-order valence-corrected chi connectivity index (χ4v) is 4.21. The van der Waals surface area contributed by atoms with Gasteiger partial charge in [-0.25, -0.2) is 21.6 Å². The summed E-state index contributed by atoms with van der Waals surface area (Å²) in [5.41, 5.74) is 0.00929. The zero-order chi connectivity index (χ0) is 24.0. The first-order valence-electron chi connectivity index (χ1n) is 9.94. The van der Waals surface area contributed by atoms with Gasteiger partial charge in [-0.3, -0.25) is 4.79 Å². The number of nitrogens with one attached hydrogen (secondary N) is 2. The SMILES string of the molecule is CCOc1ccc(S(=O)(=O)NC(Cc2ccccc2)C(=O)Nc2ccc(F)c(F)c2F)cc1. The van der Waals surface area contributed by atoms with Crippen molar-refractivity contribution in [3.8, 4) is 5.75 Å². The zero-order valence-electron chi connectivity index (χ0n) is 17.5. The van der Waals surface area contributed by atoms with E-state index in [0.717, 1.165) is 6.07 Å². The summed E-state index contributed by atoms with van der Waals surface area (Å²) in [7, 11) is -4.17. The molecule has 3 aromatic rings. The van der Waals surface area contributed by atoms with Crippen molar-refractivity contribution >= 4 is 21.6 Å². The van der Waals surface area contributed by atoms with Crippen LogP contribution in [0.25, 0.3) is 0 Å². The minimum absolute atomic E-state index is 0.0752. The van der Waals surface area contributed by atoms with Crippen LogP contribution in [0.2, 0.25) is 0 Å². The Morgan fingerprint density at radius 1 is 0.939 bits per heavy atom. The number of carbonyl (C=O) groups is 1. The van der Waals surface area contributed by atoms with Crippen LogP contribution < -0.4 is 14.8 Å². The second-order valence-corrected chi connectivity index (χ2v) is 8.69. The minimum atomic E-state index is -4.17. The molecule has 0 heterocycles. The van der Waals surface area contributed by atoms with Gasteiger partial charge in [0, 0.05) is 0 Å². The van der Waals surface area contributed by atoms with Crippen molar-refractivity contribution in [2.24, 2.45) is 0 Å². The summed E-state index contributed by atoms with van der Waals surface area (Å²) in [6.45, 7) is 2.19. The standard InChI is InChI=1S/C23H21F3N2O4S/c1-2-32-16-8-10-17(11-9-16)33(30,31)28-20(14-15-6-4-3-5-7-15)23(29)27-19-13-12-18(24)21(25)22(19)26/h3-13,20,28H,2,14H2,1H3,(H,27,29). The van der Waals surface area contributed by atoms with Gasteiger partial charge in [-0.05, 0) is 55.3 Å². The molecule has 2 N–H and O–H groups in total. The van der Waals surface area contributed by atoms with Crippen LogP contribution in [0, 0.1) is 17.5 Å².